The van der Waals surface area contributed by atoms with Gasteiger partial charge in [-0.2, -0.15) is 0 Å². The van der Waals surface area contributed by atoms with E-state index in [4.69, 9.17) is 9.84 Å². The fourth-order valence-corrected chi connectivity index (χ4v) is 1.30. The molecule has 0 radical (unpaired) electrons. The second-order valence-electron chi connectivity index (χ2n) is 5.68. The van der Waals surface area contributed by atoms with Gasteiger partial charge in [0.25, 0.3) is 0 Å². The summed E-state index contributed by atoms with van der Waals surface area (Å²) in [6, 6.07) is 0. The molecule has 1 atom stereocenters. The molecule has 0 saturated heterocycles. The summed E-state index contributed by atoms with van der Waals surface area (Å²) >= 11 is 0. The Morgan fingerprint density at radius 3 is 2.12 bits per heavy atom. The Kier molecular flexibility index (Phi) is 5.61. The third-order valence-corrected chi connectivity index (χ3v) is 2.42. The molecular formula is C12H23NO4. The maximum absolute atomic E-state index is 11.7. The molecule has 0 rings (SSSR count). The third-order valence-electron chi connectivity index (χ3n) is 2.42. The molecule has 0 aliphatic rings. The maximum Gasteiger partial charge on any atom is 0.331 e. The van der Waals surface area contributed by atoms with Gasteiger partial charge in [-0.05, 0) is 18.8 Å². The summed E-state index contributed by atoms with van der Waals surface area (Å²) in [5, 5.41) is 11.5. The van der Waals surface area contributed by atoms with Gasteiger partial charge in [0.05, 0.1) is 6.61 Å². The van der Waals surface area contributed by atoms with E-state index in [2.05, 4.69) is 5.32 Å². The average molecular weight is 245 g/mol. The van der Waals surface area contributed by atoms with Crippen molar-refractivity contribution in [2.75, 3.05) is 13.7 Å². The van der Waals surface area contributed by atoms with Crippen LogP contribution in [0.25, 0.3) is 0 Å². The van der Waals surface area contributed by atoms with Crippen LogP contribution in [0.4, 0.5) is 0 Å². The smallest absolute Gasteiger partial charge is 0.331 e. The first-order valence-electron chi connectivity index (χ1n) is 5.64. The Morgan fingerprint density at radius 2 is 1.76 bits per heavy atom. The fraction of sp³-hybridized carbons (Fsp3) is 0.833. The van der Waals surface area contributed by atoms with Crippen LogP contribution in [0.1, 0.15) is 40.5 Å². The summed E-state index contributed by atoms with van der Waals surface area (Å²) in [6.07, 6.45) is 1.03. The SMILES string of the molecule is COCC(C)(NC(=O)CCC(C)(C)C)C(=O)O. The predicted octanol–water partition coefficient (Wildman–Crippen LogP) is 1.42. The molecule has 5 nitrogen and oxygen atoms in total. The minimum atomic E-state index is -1.36. The highest BCUT2D eigenvalue weighted by Crippen LogP contribution is 2.20. The van der Waals surface area contributed by atoms with Gasteiger partial charge in [-0.3, -0.25) is 4.79 Å². The first-order valence-corrected chi connectivity index (χ1v) is 5.64. The normalized spacial score (nSPS) is 15.1. The van der Waals surface area contributed by atoms with Gasteiger partial charge in [-0.25, -0.2) is 4.79 Å². The molecule has 17 heavy (non-hydrogen) atoms. The first kappa shape index (κ1) is 15.9. The van der Waals surface area contributed by atoms with Crippen LogP contribution in [0.3, 0.4) is 0 Å². The van der Waals surface area contributed by atoms with Crippen LogP contribution in [0.2, 0.25) is 0 Å². The van der Waals surface area contributed by atoms with Gasteiger partial charge >= 0.3 is 5.97 Å². The van der Waals surface area contributed by atoms with Gasteiger partial charge in [0.2, 0.25) is 5.91 Å². The van der Waals surface area contributed by atoms with Crippen molar-refractivity contribution in [1.82, 2.24) is 5.32 Å². The highest BCUT2D eigenvalue weighted by atomic mass is 16.5. The molecule has 100 valence electrons. The van der Waals surface area contributed by atoms with E-state index >= 15 is 0 Å². The number of carbonyl (C=O) groups excluding carboxylic acids is 1. The zero-order valence-electron chi connectivity index (χ0n) is 11.3. The molecule has 0 aliphatic carbocycles. The lowest BCUT2D eigenvalue weighted by Crippen LogP contribution is -2.55. The van der Waals surface area contributed by atoms with Crippen molar-refractivity contribution in [3.05, 3.63) is 0 Å². The summed E-state index contributed by atoms with van der Waals surface area (Å²) in [7, 11) is 1.41. The molecule has 0 saturated carbocycles. The number of carboxylic acid groups (broad SMARTS) is 1. The Hall–Kier alpha value is -1.10. The van der Waals surface area contributed by atoms with Gasteiger partial charge in [0.15, 0.2) is 5.54 Å². The van der Waals surface area contributed by atoms with E-state index in [9.17, 15) is 9.59 Å². The largest absolute Gasteiger partial charge is 0.479 e. The summed E-state index contributed by atoms with van der Waals surface area (Å²) in [5.74, 6) is -1.36. The van der Waals surface area contributed by atoms with Crippen LogP contribution in [-0.4, -0.2) is 36.2 Å². The standard InChI is InChI=1S/C12H23NO4/c1-11(2,3)7-6-9(14)13-12(4,8-17-5)10(15)16/h6-8H2,1-5H3,(H,13,14)(H,15,16). The number of carboxylic acids is 1. The Balaban J connectivity index is 4.38. The number of rotatable bonds is 6. The first-order chi connectivity index (χ1) is 7.60. The minimum Gasteiger partial charge on any atom is -0.479 e. The van der Waals surface area contributed by atoms with Crippen molar-refractivity contribution in [3.8, 4) is 0 Å². The fourth-order valence-electron chi connectivity index (χ4n) is 1.30. The molecule has 0 aliphatic heterocycles. The van der Waals surface area contributed by atoms with Crippen LogP contribution in [0.5, 0.6) is 0 Å². The van der Waals surface area contributed by atoms with Gasteiger partial charge in [-0.1, -0.05) is 20.8 Å². The number of methoxy groups -OCH3 is 1. The van der Waals surface area contributed by atoms with Crippen molar-refractivity contribution in [1.29, 1.82) is 0 Å². The minimum absolute atomic E-state index is 0.0520. The van der Waals surface area contributed by atoms with E-state index < -0.39 is 11.5 Å². The molecule has 2 N–H and O–H groups in total. The highest BCUT2D eigenvalue weighted by Gasteiger charge is 2.34. The van der Waals surface area contributed by atoms with Crippen LogP contribution < -0.4 is 5.32 Å². The topological polar surface area (TPSA) is 75.6 Å². The number of ether oxygens (including phenoxy) is 1. The molecule has 0 bridgehead atoms. The number of amides is 1. The molecule has 5 heteroatoms. The van der Waals surface area contributed by atoms with Gasteiger partial charge in [0.1, 0.15) is 0 Å². The molecule has 0 aromatic carbocycles. The van der Waals surface area contributed by atoms with Gasteiger partial charge in [-0.15, -0.1) is 0 Å². The quantitative estimate of drug-likeness (QED) is 0.742. The maximum atomic E-state index is 11.7. The van der Waals surface area contributed by atoms with E-state index in [0.29, 0.717) is 12.8 Å². The van der Waals surface area contributed by atoms with E-state index in [1.54, 1.807) is 0 Å². The zero-order valence-corrected chi connectivity index (χ0v) is 11.3. The molecular weight excluding hydrogens is 222 g/mol. The number of carbonyl (C=O) groups is 2. The number of nitrogens with one attached hydrogen (secondary N) is 1. The van der Waals surface area contributed by atoms with Crippen LogP contribution >= 0.6 is 0 Å². The van der Waals surface area contributed by atoms with Gasteiger partial charge < -0.3 is 15.2 Å². The summed E-state index contributed by atoms with van der Waals surface area (Å²) in [4.78, 5) is 22.7. The zero-order chi connectivity index (χ0) is 13.7. The third kappa shape index (κ3) is 6.26. The van der Waals surface area contributed by atoms with E-state index in [1.165, 1.54) is 14.0 Å². The Morgan fingerprint density at radius 1 is 1.24 bits per heavy atom. The summed E-state index contributed by atoms with van der Waals surface area (Å²) < 4.78 is 4.82. The summed E-state index contributed by atoms with van der Waals surface area (Å²) in [6.45, 7) is 7.49. The highest BCUT2D eigenvalue weighted by molar-refractivity contribution is 5.86. The van der Waals surface area contributed by atoms with Crippen molar-refractivity contribution in [3.63, 3.8) is 0 Å². The number of aliphatic carboxylic acids is 1. The number of hydrogen-bond donors (Lipinski definition) is 2. The van der Waals surface area contributed by atoms with Crippen LogP contribution in [-0.2, 0) is 14.3 Å². The lowest BCUT2D eigenvalue weighted by atomic mass is 9.90. The average Bonchev–Trinajstić information content (AvgIpc) is 2.13. The van der Waals surface area contributed by atoms with Crippen molar-refractivity contribution >= 4 is 11.9 Å². The van der Waals surface area contributed by atoms with Crippen molar-refractivity contribution < 1.29 is 19.4 Å². The van der Waals surface area contributed by atoms with Crippen molar-refractivity contribution in [2.45, 2.75) is 46.1 Å². The predicted molar refractivity (Wildman–Crippen MR) is 64.7 cm³/mol. The van der Waals surface area contributed by atoms with Gasteiger partial charge in [0, 0.05) is 13.5 Å². The number of hydrogen-bond acceptors (Lipinski definition) is 3. The monoisotopic (exact) mass is 245 g/mol. The molecule has 0 heterocycles. The van der Waals surface area contributed by atoms with E-state index in [1.807, 2.05) is 20.8 Å². The molecule has 0 fully saturated rings. The molecule has 1 unspecified atom stereocenters. The summed E-state index contributed by atoms with van der Waals surface area (Å²) in [5.41, 5.74) is -1.30. The van der Waals surface area contributed by atoms with E-state index in [-0.39, 0.29) is 17.9 Å². The molecule has 0 aromatic rings. The van der Waals surface area contributed by atoms with Crippen molar-refractivity contribution in [2.24, 2.45) is 5.41 Å². The van der Waals surface area contributed by atoms with Crippen LogP contribution in [0.15, 0.2) is 0 Å². The molecule has 0 spiro atoms. The van der Waals surface area contributed by atoms with Crippen LogP contribution in [0, 0.1) is 5.41 Å². The second kappa shape index (κ2) is 6.00. The lowest BCUT2D eigenvalue weighted by molar-refractivity contribution is -0.149. The molecule has 1 amide bonds. The van der Waals surface area contributed by atoms with E-state index in [0.717, 1.165) is 0 Å². The lowest BCUT2D eigenvalue weighted by Gasteiger charge is -2.26. The Labute approximate surface area is 103 Å². The Bertz CT molecular complexity index is 283. The molecule has 0 aromatic heterocycles. The second-order valence-corrected chi connectivity index (χ2v) is 5.68.